The Labute approximate surface area is 110 Å². The summed E-state index contributed by atoms with van der Waals surface area (Å²) in [5.74, 6) is 0.853. The van der Waals surface area contributed by atoms with E-state index < -0.39 is 0 Å². The monoisotopic (exact) mass is 254 g/mol. The second-order valence-corrected chi connectivity index (χ2v) is 4.35. The average molecular weight is 254 g/mol. The highest BCUT2D eigenvalue weighted by atomic mass is 16.5. The Morgan fingerprint density at radius 2 is 2.21 bits per heavy atom. The highest BCUT2D eigenvalue weighted by Crippen LogP contribution is 2.18. The summed E-state index contributed by atoms with van der Waals surface area (Å²) in [5, 5.41) is 4.26. The van der Waals surface area contributed by atoms with E-state index in [-0.39, 0.29) is 0 Å². The van der Waals surface area contributed by atoms with E-state index in [1.807, 2.05) is 24.4 Å². The molecule has 2 N–H and O–H groups in total. The van der Waals surface area contributed by atoms with Crippen molar-refractivity contribution in [1.29, 1.82) is 0 Å². The summed E-state index contributed by atoms with van der Waals surface area (Å²) in [6, 6.07) is 7.98. The molecule has 0 saturated carbocycles. The van der Waals surface area contributed by atoms with E-state index in [2.05, 4.69) is 16.1 Å². The van der Waals surface area contributed by atoms with Crippen molar-refractivity contribution in [3.05, 3.63) is 54.0 Å². The van der Waals surface area contributed by atoms with E-state index in [4.69, 9.17) is 10.5 Å². The summed E-state index contributed by atoms with van der Waals surface area (Å²) in [4.78, 5) is 4.32. The number of ether oxygens (including phenoxy) is 1. The third-order valence-corrected chi connectivity index (χ3v) is 2.98. The summed E-state index contributed by atoms with van der Waals surface area (Å²) < 4.78 is 6.92. The van der Waals surface area contributed by atoms with Crippen molar-refractivity contribution < 1.29 is 4.74 Å². The lowest BCUT2D eigenvalue weighted by atomic mass is 10.1. The molecule has 0 atom stereocenters. The molecule has 0 amide bonds. The van der Waals surface area contributed by atoms with Crippen LogP contribution in [-0.2, 0) is 6.42 Å². The van der Waals surface area contributed by atoms with Crippen LogP contribution in [0.25, 0.3) is 5.65 Å². The van der Waals surface area contributed by atoms with Gasteiger partial charge >= 0.3 is 0 Å². The largest absolute Gasteiger partial charge is 0.497 e. The summed E-state index contributed by atoms with van der Waals surface area (Å²) >= 11 is 0. The van der Waals surface area contributed by atoms with Gasteiger partial charge in [0.25, 0.3) is 0 Å². The molecule has 5 nitrogen and oxygen atoms in total. The van der Waals surface area contributed by atoms with Gasteiger partial charge in [0.05, 0.1) is 31.4 Å². The Morgan fingerprint density at radius 3 is 3.05 bits per heavy atom. The Hall–Kier alpha value is -2.56. The first-order valence-corrected chi connectivity index (χ1v) is 5.97. The fourth-order valence-electron chi connectivity index (χ4n) is 2.07. The molecule has 0 aliphatic rings. The normalized spacial score (nSPS) is 10.8. The van der Waals surface area contributed by atoms with Gasteiger partial charge in [-0.05, 0) is 17.7 Å². The van der Waals surface area contributed by atoms with Crippen LogP contribution in [0.2, 0.25) is 0 Å². The molecule has 0 unspecified atom stereocenters. The zero-order chi connectivity index (χ0) is 13.2. The van der Waals surface area contributed by atoms with E-state index in [1.54, 1.807) is 24.0 Å². The van der Waals surface area contributed by atoms with Crippen LogP contribution in [0, 0.1) is 0 Å². The van der Waals surface area contributed by atoms with E-state index in [1.165, 1.54) is 0 Å². The Bertz CT molecular complexity index is 720. The molecule has 3 rings (SSSR count). The molecule has 1 aromatic carbocycles. The molecule has 0 radical (unpaired) electrons. The lowest BCUT2D eigenvalue weighted by Crippen LogP contribution is -1.96. The first-order chi connectivity index (χ1) is 9.26. The lowest BCUT2D eigenvalue weighted by molar-refractivity contribution is 0.414. The molecule has 19 heavy (non-hydrogen) atoms. The fraction of sp³-hybridized carbons (Fsp3) is 0.143. The topological polar surface area (TPSA) is 65.4 Å². The Balaban J connectivity index is 1.96. The molecular formula is C14H14N4O. The van der Waals surface area contributed by atoms with E-state index >= 15 is 0 Å². The number of aromatic nitrogens is 3. The number of rotatable bonds is 3. The van der Waals surface area contributed by atoms with Gasteiger partial charge in [-0.1, -0.05) is 12.1 Å². The maximum atomic E-state index is 5.68. The van der Waals surface area contributed by atoms with Gasteiger partial charge < -0.3 is 10.5 Å². The van der Waals surface area contributed by atoms with Crippen LogP contribution >= 0.6 is 0 Å². The van der Waals surface area contributed by atoms with Gasteiger partial charge in [-0.25, -0.2) is 9.50 Å². The molecule has 2 aromatic heterocycles. The predicted octanol–water partition coefficient (Wildman–Crippen LogP) is 1.91. The molecule has 5 heteroatoms. The zero-order valence-corrected chi connectivity index (χ0v) is 10.6. The van der Waals surface area contributed by atoms with Crippen LogP contribution in [0.1, 0.15) is 11.1 Å². The van der Waals surface area contributed by atoms with Gasteiger partial charge in [0.1, 0.15) is 5.75 Å². The van der Waals surface area contributed by atoms with Gasteiger partial charge in [0.2, 0.25) is 0 Å². The number of benzene rings is 1. The zero-order valence-electron chi connectivity index (χ0n) is 10.6. The number of fused-ring (bicyclic) bond motifs is 1. The predicted molar refractivity (Wildman–Crippen MR) is 73.2 cm³/mol. The number of nitrogens with two attached hydrogens (primary N) is 1. The lowest BCUT2D eigenvalue weighted by Gasteiger charge is -2.03. The molecule has 0 bridgehead atoms. The van der Waals surface area contributed by atoms with Crippen LogP contribution in [0.5, 0.6) is 5.75 Å². The fourth-order valence-corrected chi connectivity index (χ4v) is 2.07. The molecular weight excluding hydrogens is 240 g/mol. The third-order valence-electron chi connectivity index (χ3n) is 2.98. The SMILES string of the molecule is COc1cccc(Cc2cnn3cc(N)cnc23)c1. The number of hydrogen-bond donors (Lipinski definition) is 1. The standard InChI is InChI=1S/C14H14N4O/c1-19-13-4-2-3-10(6-13)5-11-7-17-18-9-12(15)8-16-14(11)18/h2-4,6-9H,5,15H2,1H3. The molecule has 0 aliphatic carbocycles. The molecule has 2 heterocycles. The number of hydrogen-bond acceptors (Lipinski definition) is 4. The number of nitrogen functional groups attached to an aromatic ring is 1. The molecule has 0 saturated heterocycles. The van der Waals surface area contributed by atoms with E-state index in [9.17, 15) is 0 Å². The van der Waals surface area contributed by atoms with Gasteiger partial charge in [0.15, 0.2) is 5.65 Å². The second-order valence-electron chi connectivity index (χ2n) is 4.35. The summed E-state index contributed by atoms with van der Waals surface area (Å²) in [7, 11) is 1.67. The number of nitrogens with zero attached hydrogens (tertiary/aromatic N) is 3. The smallest absolute Gasteiger partial charge is 0.158 e. The van der Waals surface area contributed by atoms with Gasteiger partial charge in [-0.15, -0.1) is 0 Å². The summed E-state index contributed by atoms with van der Waals surface area (Å²) in [6.45, 7) is 0. The van der Waals surface area contributed by atoms with Crippen molar-refractivity contribution >= 4 is 11.3 Å². The van der Waals surface area contributed by atoms with Crippen LogP contribution in [0.4, 0.5) is 5.69 Å². The highest BCUT2D eigenvalue weighted by Gasteiger charge is 2.07. The first-order valence-electron chi connectivity index (χ1n) is 5.97. The molecule has 3 aromatic rings. The Kier molecular flexibility index (Phi) is 2.79. The van der Waals surface area contributed by atoms with Crippen LogP contribution in [0.3, 0.4) is 0 Å². The minimum Gasteiger partial charge on any atom is -0.497 e. The quantitative estimate of drug-likeness (QED) is 0.775. The van der Waals surface area contributed by atoms with Gasteiger partial charge in [-0.3, -0.25) is 0 Å². The molecule has 0 aliphatic heterocycles. The van der Waals surface area contributed by atoms with Crippen molar-refractivity contribution in [1.82, 2.24) is 14.6 Å². The first kappa shape index (κ1) is 11.5. The van der Waals surface area contributed by atoms with Crippen molar-refractivity contribution in [2.75, 3.05) is 12.8 Å². The molecule has 0 spiro atoms. The third kappa shape index (κ3) is 2.22. The summed E-state index contributed by atoms with van der Waals surface area (Å²) in [6.07, 6.45) is 5.99. The van der Waals surface area contributed by atoms with Crippen molar-refractivity contribution in [2.24, 2.45) is 0 Å². The van der Waals surface area contributed by atoms with Crippen molar-refractivity contribution in [3.8, 4) is 5.75 Å². The molecule has 96 valence electrons. The maximum Gasteiger partial charge on any atom is 0.158 e. The van der Waals surface area contributed by atoms with Crippen LogP contribution in [0.15, 0.2) is 42.9 Å². The van der Waals surface area contributed by atoms with Gasteiger partial charge in [0, 0.05) is 12.0 Å². The maximum absolute atomic E-state index is 5.68. The minimum absolute atomic E-state index is 0.600. The number of methoxy groups -OCH3 is 1. The van der Waals surface area contributed by atoms with E-state index in [0.717, 1.165) is 28.9 Å². The Morgan fingerprint density at radius 1 is 1.32 bits per heavy atom. The van der Waals surface area contributed by atoms with Crippen molar-refractivity contribution in [3.63, 3.8) is 0 Å². The minimum atomic E-state index is 0.600. The van der Waals surface area contributed by atoms with Gasteiger partial charge in [-0.2, -0.15) is 5.10 Å². The second kappa shape index (κ2) is 4.61. The summed E-state index contributed by atoms with van der Waals surface area (Å²) in [5.41, 5.74) is 9.34. The van der Waals surface area contributed by atoms with Crippen LogP contribution < -0.4 is 10.5 Å². The highest BCUT2D eigenvalue weighted by molar-refractivity contribution is 5.51. The number of anilines is 1. The average Bonchev–Trinajstić information content (AvgIpc) is 2.81. The van der Waals surface area contributed by atoms with Crippen molar-refractivity contribution in [2.45, 2.75) is 6.42 Å². The van der Waals surface area contributed by atoms with E-state index in [0.29, 0.717) is 5.69 Å². The van der Waals surface area contributed by atoms with Crippen LogP contribution in [-0.4, -0.2) is 21.7 Å². The molecule has 0 fully saturated rings.